The Hall–Kier alpha value is -0.570. The Labute approximate surface area is 79.3 Å². The zero-order valence-corrected chi connectivity index (χ0v) is 7.98. The third kappa shape index (κ3) is 2.69. The van der Waals surface area contributed by atoms with E-state index in [1.165, 1.54) is 32.1 Å². The molecule has 3 heteroatoms. The van der Waals surface area contributed by atoms with Gasteiger partial charge in [-0.1, -0.05) is 19.3 Å². The van der Waals surface area contributed by atoms with Gasteiger partial charge >= 0.3 is 0 Å². The molecule has 0 bridgehead atoms. The summed E-state index contributed by atoms with van der Waals surface area (Å²) in [5.74, 6) is 3.04. The van der Waals surface area contributed by atoms with Gasteiger partial charge in [0.1, 0.15) is 0 Å². The molecule has 0 amide bonds. The molecule has 0 aromatic heterocycles. The van der Waals surface area contributed by atoms with Gasteiger partial charge in [-0.2, -0.15) is 0 Å². The lowest BCUT2D eigenvalue weighted by atomic mass is 10.0. The van der Waals surface area contributed by atoms with E-state index in [1.54, 1.807) is 0 Å². The third-order valence-corrected chi connectivity index (χ3v) is 3.42. The molecule has 3 nitrogen and oxygen atoms in total. The second-order valence-electron chi connectivity index (χ2n) is 4.13. The quantitative estimate of drug-likeness (QED) is 0.608. The zero-order chi connectivity index (χ0) is 9.68. The first kappa shape index (κ1) is 10.5. The van der Waals surface area contributed by atoms with Crippen LogP contribution in [0.2, 0.25) is 0 Å². The van der Waals surface area contributed by atoms with Crippen molar-refractivity contribution in [2.45, 2.75) is 32.1 Å². The topological polar surface area (TPSA) is 63.3 Å². The van der Waals surface area contributed by atoms with Crippen LogP contribution in [0.15, 0.2) is 0 Å². The fourth-order valence-corrected chi connectivity index (χ4v) is 2.88. The van der Waals surface area contributed by atoms with Crippen LogP contribution in [-0.4, -0.2) is 18.1 Å². The number of nitrogens with two attached hydrogens (primary N) is 1. The Morgan fingerprint density at radius 2 is 1.77 bits per heavy atom. The number of rotatable bonds is 1. The van der Waals surface area contributed by atoms with Gasteiger partial charge in [0.2, 0.25) is 0 Å². The fraction of sp³-hybridized carbons (Fsp3) is 0.900. The summed E-state index contributed by atoms with van der Waals surface area (Å²) in [5, 5.41) is 6.89. The van der Waals surface area contributed by atoms with Crippen LogP contribution in [0.25, 0.3) is 0 Å². The molecular formula is C10H19NO2. The van der Waals surface area contributed by atoms with E-state index in [9.17, 15) is 0 Å². The summed E-state index contributed by atoms with van der Waals surface area (Å²) in [7, 11) is 0. The zero-order valence-electron chi connectivity index (χ0n) is 7.98. The molecule has 2 aliphatic rings. The average Bonchev–Trinajstić information content (AvgIpc) is 2.62. The van der Waals surface area contributed by atoms with Gasteiger partial charge in [0.15, 0.2) is 0 Å². The Bertz CT molecular complexity index is 149. The van der Waals surface area contributed by atoms with Crippen LogP contribution < -0.4 is 5.73 Å². The molecule has 0 heterocycles. The number of hydrogen-bond acceptors (Lipinski definition) is 2. The number of carboxylic acid groups (broad SMARTS) is 1. The molecule has 76 valence electrons. The molecule has 2 rings (SSSR count). The second-order valence-corrected chi connectivity index (χ2v) is 4.13. The van der Waals surface area contributed by atoms with Crippen molar-refractivity contribution >= 4 is 6.47 Å². The molecule has 2 aliphatic carbocycles. The van der Waals surface area contributed by atoms with Gasteiger partial charge in [0.05, 0.1) is 0 Å². The lowest BCUT2D eigenvalue weighted by Gasteiger charge is -2.05. The van der Waals surface area contributed by atoms with E-state index in [0.29, 0.717) is 0 Å². The van der Waals surface area contributed by atoms with Crippen molar-refractivity contribution in [3.8, 4) is 0 Å². The molecule has 13 heavy (non-hydrogen) atoms. The van der Waals surface area contributed by atoms with Crippen molar-refractivity contribution < 1.29 is 9.90 Å². The summed E-state index contributed by atoms with van der Waals surface area (Å²) < 4.78 is 0. The maximum Gasteiger partial charge on any atom is 0.290 e. The molecule has 0 aromatic rings. The summed E-state index contributed by atoms with van der Waals surface area (Å²) >= 11 is 0. The largest absolute Gasteiger partial charge is 0.483 e. The van der Waals surface area contributed by atoms with Crippen LogP contribution in [0, 0.1) is 17.8 Å². The van der Waals surface area contributed by atoms with Crippen LogP contribution in [0.4, 0.5) is 0 Å². The van der Waals surface area contributed by atoms with Gasteiger partial charge in [-0.3, -0.25) is 4.79 Å². The molecule has 0 radical (unpaired) electrons. The highest BCUT2D eigenvalue weighted by Gasteiger charge is 2.36. The molecule has 3 N–H and O–H groups in total. The number of hydrogen-bond donors (Lipinski definition) is 2. The summed E-state index contributed by atoms with van der Waals surface area (Å²) in [4.78, 5) is 8.36. The summed E-state index contributed by atoms with van der Waals surface area (Å²) in [6, 6.07) is 0. The van der Waals surface area contributed by atoms with Crippen molar-refractivity contribution in [3.63, 3.8) is 0 Å². The van der Waals surface area contributed by atoms with Crippen LogP contribution in [-0.2, 0) is 4.79 Å². The molecule has 0 saturated heterocycles. The Morgan fingerprint density at radius 3 is 2.15 bits per heavy atom. The fourth-order valence-electron chi connectivity index (χ4n) is 2.88. The molecule has 2 saturated carbocycles. The maximum atomic E-state index is 8.36. The highest BCUT2D eigenvalue weighted by Crippen LogP contribution is 2.46. The average molecular weight is 185 g/mol. The van der Waals surface area contributed by atoms with Gasteiger partial charge in [0.25, 0.3) is 6.47 Å². The highest BCUT2D eigenvalue weighted by atomic mass is 16.3. The highest BCUT2D eigenvalue weighted by molar-refractivity contribution is 5.32. The third-order valence-electron chi connectivity index (χ3n) is 3.42. The SMILES string of the molecule is NCC1CC2CCCC2C1.O=CO. The monoisotopic (exact) mass is 185 g/mol. The molecule has 2 unspecified atom stereocenters. The van der Waals surface area contributed by atoms with Crippen molar-refractivity contribution in [3.05, 3.63) is 0 Å². The first-order valence-corrected chi connectivity index (χ1v) is 5.09. The number of carbonyl (C=O) groups is 1. The second kappa shape index (κ2) is 5.22. The summed E-state index contributed by atoms with van der Waals surface area (Å²) in [5.41, 5.74) is 5.64. The maximum absolute atomic E-state index is 8.36. The predicted octanol–water partition coefficient (Wildman–Crippen LogP) is 1.47. The molecule has 0 aromatic carbocycles. The summed E-state index contributed by atoms with van der Waals surface area (Å²) in [6.45, 7) is 0.688. The predicted molar refractivity (Wildman–Crippen MR) is 51.3 cm³/mol. The standard InChI is InChI=1S/C9H17N.CH2O2/c10-6-7-4-8-2-1-3-9(8)5-7;2-1-3/h7-9H,1-6,10H2;1H,(H,2,3). The minimum Gasteiger partial charge on any atom is -0.483 e. The van der Waals surface area contributed by atoms with Crippen molar-refractivity contribution in [1.82, 2.24) is 0 Å². The molecule has 0 aliphatic heterocycles. The first-order valence-electron chi connectivity index (χ1n) is 5.09. The van der Waals surface area contributed by atoms with E-state index in [0.717, 1.165) is 24.3 Å². The lowest BCUT2D eigenvalue weighted by Crippen LogP contribution is -2.11. The Kier molecular flexibility index (Phi) is 4.22. The molecule has 2 atom stereocenters. The first-order chi connectivity index (χ1) is 6.31. The van der Waals surface area contributed by atoms with E-state index in [-0.39, 0.29) is 6.47 Å². The van der Waals surface area contributed by atoms with Crippen LogP contribution in [0.3, 0.4) is 0 Å². The smallest absolute Gasteiger partial charge is 0.290 e. The molecular weight excluding hydrogens is 166 g/mol. The van der Waals surface area contributed by atoms with E-state index in [4.69, 9.17) is 15.6 Å². The van der Waals surface area contributed by atoms with Gasteiger partial charge < -0.3 is 10.8 Å². The Morgan fingerprint density at radius 1 is 1.31 bits per heavy atom. The van der Waals surface area contributed by atoms with Crippen LogP contribution >= 0.6 is 0 Å². The van der Waals surface area contributed by atoms with Crippen LogP contribution in [0.5, 0.6) is 0 Å². The number of fused-ring (bicyclic) bond motifs is 1. The van der Waals surface area contributed by atoms with Crippen molar-refractivity contribution in [2.24, 2.45) is 23.5 Å². The van der Waals surface area contributed by atoms with E-state index >= 15 is 0 Å². The van der Waals surface area contributed by atoms with Gasteiger partial charge in [-0.15, -0.1) is 0 Å². The van der Waals surface area contributed by atoms with E-state index in [1.807, 2.05) is 0 Å². The van der Waals surface area contributed by atoms with Gasteiger partial charge in [0, 0.05) is 0 Å². The van der Waals surface area contributed by atoms with Crippen molar-refractivity contribution in [1.29, 1.82) is 0 Å². The minimum atomic E-state index is -0.250. The minimum absolute atomic E-state index is 0.250. The molecule has 2 fully saturated rings. The van der Waals surface area contributed by atoms with E-state index < -0.39 is 0 Å². The van der Waals surface area contributed by atoms with Crippen LogP contribution in [0.1, 0.15) is 32.1 Å². The normalized spacial score (nSPS) is 36.2. The molecule has 0 spiro atoms. The van der Waals surface area contributed by atoms with E-state index in [2.05, 4.69) is 0 Å². The van der Waals surface area contributed by atoms with Gasteiger partial charge in [-0.05, 0) is 37.1 Å². The summed E-state index contributed by atoms with van der Waals surface area (Å²) in [6.07, 6.45) is 7.39. The van der Waals surface area contributed by atoms with Gasteiger partial charge in [-0.25, -0.2) is 0 Å². The Balaban J connectivity index is 0.000000251. The van der Waals surface area contributed by atoms with Crippen molar-refractivity contribution in [2.75, 3.05) is 6.54 Å². The lowest BCUT2D eigenvalue weighted by molar-refractivity contribution is -0.122.